The van der Waals surface area contributed by atoms with Crippen molar-refractivity contribution in [3.63, 3.8) is 0 Å². The van der Waals surface area contributed by atoms with E-state index in [1.54, 1.807) is 6.08 Å². The Morgan fingerprint density at radius 2 is 1.93 bits per heavy atom. The van der Waals surface area contributed by atoms with Crippen molar-refractivity contribution >= 4 is 11.6 Å². The van der Waals surface area contributed by atoms with Crippen LogP contribution < -0.4 is 4.90 Å². The van der Waals surface area contributed by atoms with Crippen LogP contribution in [0.5, 0.6) is 0 Å². The molecule has 0 N–H and O–H groups in total. The Balaban J connectivity index is 2.39. The van der Waals surface area contributed by atoms with Crippen molar-refractivity contribution in [2.45, 2.75) is 45.7 Å². The van der Waals surface area contributed by atoms with Crippen LogP contribution in [0, 0.1) is 5.92 Å². The fourth-order valence-electron chi connectivity index (χ4n) is 3.61. The Bertz CT molecular complexity index is 855. The molecular formula is C22H28F3N3O. The van der Waals surface area contributed by atoms with Gasteiger partial charge in [-0.1, -0.05) is 45.0 Å². The number of para-hydroxylation sites is 1. The lowest BCUT2D eigenvalue weighted by Crippen LogP contribution is -2.33. The van der Waals surface area contributed by atoms with Crippen molar-refractivity contribution in [1.82, 2.24) is 9.78 Å². The number of alkyl halides is 3. The summed E-state index contributed by atoms with van der Waals surface area (Å²) in [5, 5.41) is 3.49. The van der Waals surface area contributed by atoms with E-state index < -0.39 is 17.8 Å². The van der Waals surface area contributed by atoms with E-state index in [0.29, 0.717) is 11.6 Å². The number of carbonyl (C=O) groups is 1. The molecule has 0 radical (unpaired) electrons. The summed E-state index contributed by atoms with van der Waals surface area (Å²) in [5.74, 6) is 0.259. The number of aryl methyl sites for hydroxylation is 1. The van der Waals surface area contributed by atoms with Crippen molar-refractivity contribution in [2.75, 3.05) is 11.4 Å². The summed E-state index contributed by atoms with van der Waals surface area (Å²) in [5.41, 5.74) is 0.557. The number of amides is 1. The van der Waals surface area contributed by atoms with Crippen LogP contribution in [-0.2, 0) is 24.4 Å². The highest BCUT2D eigenvalue weighted by Gasteiger charge is 2.37. The summed E-state index contributed by atoms with van der Waals surface area (Å²) in [7, 11) is 1.41. The fraction of sp³-hybridized carbons (Fsp3) is 0.455. The molecule has 0 saturated heterocycles. The van der Waals surface area contributed by atoms with E-state index in [4.69, 9.17) is 0 Å². The summed E-state index contributed by atoms with van der Waals surface area (Å²) >= 11 is 0. The molecule has 1 aromatic heterocycles. The van der Waals surface area contributed by atoms with Crippen molar-refractivity contribution < 1.29 is 18.0 Å². The first-order valence-electron chi connectivity index (χ1n) is 9.64. The van der Waals surface area contributed by atoms with Gasteiger partial charge in [0, 0.05) is 31.0 Å². The third-order valence-corrected chi connectivity index (χ3v) is 4.71. The molecule has 0 fully saturated rings. The lowest BCUT2D eigenvalue weighted by atomic mass is 9.90. The molecule has 0 spiro atoms. The van der Waals surface area contributed by atoms with Crippen LogP contribution in [0.1, 0.15) is 49.9 Å². The molecule has 1 heterocycles. The first kappa shape index (κ1) is 22.7. The highest BCUT2D eigenvalue weighted by molar-refractivity contribution is 5.96. The normalized spacial score (nSPS) is 12.8. The van der Waals surface area contributed by atoms with E-state index in [9.17, 15) is 18.0 Å². The van der Waals surface area contributed by atoms with Crippen molar-refractivity contribution in [3.05, 3.63) is 59.9 Å². The van der Waals surface area contributed by atoms with Gasteiger partial charge in [-0.15, -0.1) is 6.58 Å². The van der Waals surface area contributed by atoms with Crippen molar-refractivity contribution in [1.29, 1.82) is 0 Å². The zero-order chi connectivity index (χ0) is 21.8. The number of hydrogen-bond donors (Lipinski definition) is 0. The average molecular weight is 407 g/mol. The monoisotopic (exact) mass is 407 g/mol. The van der Waals surface area contributed by atoms with E-state index >= 15 is 0 Å². The van der Waals surface area contributed by atoms with Crippen LogP contribution >= 0.6 is 0 Å². The van der Waals surface area contributed by atoms with Gasteiger partial charge in [0.05, 0.1) is 6.42 Å². The molecule has 1 unspecified atom stereocenters. The van der Waals surface area contributed by atoms with Gasteiger partial charge < -0.3 is 4.90 Å². The minimum Gasteiger partial charge on any atom is -0.308 e. The maximum atomic E-state index is 13.3. The molecule has 7 heteroatoms. The second kappa shape index (κ2) is 9.29. The van der Waals surface area contributed by atoms with Gasteiger partial charge in [0.15, 0.2) is 5.69 Å². The molecule has 0 aliphatic heterocycles. The summed E-state index contributed by atoms with van der Waals surface area (Å²) in [4.78, 5) is 14.6. The minimum absolute atomic E-state index is 0.133. The number of nitrogens with zero attached hydrogens (tertiary/aromatic N) is 3. The molecule has 29 heavy (non-hydrogen) atoms. The summed E-state index contributed by atoms with van der Waals surface area (Å²) in [6.07, 6.45) is -1.23. The summed E-state index contributed by atoms with van der Waals surface area (Å²) in [6.45, 7) is 10.3. The molecule has 0 aliphatic carbocycles. The van der Waals surface area contributed by atoms with Crippen molar-refractivity contribution in [2.24, 2.45) is 13.0 Å². The van der Waals surface area contributed by atoms with Crippen LogP contribution in [0.15, 0.2) is 43.1 Å². The Morgan fingerprint density at radius 3 is 2.52 bits per heavy atom. The minimum atomic E-state index is -4.61. The zero-order valence-electron chi connectivity index (χ0n) is 17.3. The maximum absolute atomic E-state index is 13.3. The van der Waals surface area contributed by atoms with Crippen LogP contribution in [0.2, 0.25) is 0 Å². The molecule has 4 nitrogen and oxygen atoms in total. The van der Waals surface area contributed by atoms with Gasteiger partial charge in [-0.2, -0.15) is 18.3 Å². The number of anilines is 1. The molecule has 1 aromatic carbocycles. The average Bonchev–Trinajstić information content (AvgIpc) is 2.99. The smallest absolute Gasteiger partial charge is 0.308 e. The van der Waals surface area contributed by atoms with Crippen molar-refractivity contribution in [3.8, 4) is 0 Å². The van der Waals surface area contributed by atoms with Crippen LogP contribution in [0.25, 0.3) is 0 Å². The third kappa shape index (κ3) is 5.71. The van der Waals surface area contributed by atoms with E-state index in [1.165, 1.54) is 18.1 Å². The Labute approximate surface area is 170 Å². The third-order valence-electron chi connectivity index (χ3n) is 4.71. The number of aromatic nitrogens is 2. The number of rotatable bonds is 8. The SMILES string of the molecule is C=CCN(C(=O)Cc1cn(C)nc1C(F)(F)F)c1ccccc1C(C)CC(C)C. The number of carbonyl (C=O) groups excluding carboxylic acids is 1. The largest absolute Gasteiger partial charge is 0.435 e. The van der Waals surface area contributed by atoms with Crippen LogP contribution in [0.4, 0.5) is 18.9 Å². The first-order valence-corrected chi connectivity index (χ1v) is 9.64. The Kier molecular flexibility index (Phi) is 7.27. The number of hydrogen-bond acceptors (Lipinski definition) is 2. The number of benzene rings is 1. The van der Waals surface area contributed by atoms with E-state index in [2.05, 4.69) is 32.4 Å². The molecule has 0 aliphatic rings. The van der Waals surface area contributed by atoms with E-state index in [-0.39, 0.29) is 24.4 Å². The predicted octanol–water partition coefficient (Wildman–Crippen LogP) is 5.35. The standard InChI is InChI=1S/C22H28F3N3O/c1-6-11-28(19-10-8-7-9-18(19)16(4)12-15(2)3)20(29)13-17-14-27(5)26-21(17)22(23,24)25/h6-10,14-16H,1,11-13H2,2-5H3. The molecule has 158 valence electrons. The molecule has 2 rings (SSSR count). The maximum Gasteiger partial charge on any atom is 0.435 e. The molecule has 0 saturated carbocycles. The van der Waals surface area contributed by atoms with Gasteiger partial charge in [-0.3, -0.25) is 9.48 Å². The lowest BCUT2D eigenvalue weighted by molar-refractivity contribution is -0.142. The highest BCUT2D eigenvalue weighted by Crippen LogP contribution is 2.34. The van der Waals surface area contributed by atoms with Crippen LogP contribution in [-0.4, -0.2) is 22.2 Å². The summed E-state index contributed by atoms with van der Waals surface area (Å²) in [6, 6.07) is 7.54. The van der Waals surface area contributed by atoms with Gasteiger partial charge in [0.25, 0.3) is 0 Å². The molecule has 1 amide bonds. The Morgan fingerprint density at radius 1 is 1.28 bits per heavy atom. The van der Waals surface area contributed by atoms with Gasteiger partial charge in [-0.05, 0) is 29.9 Å². The zero-order valence-corrected chi connectivity index (χ0v) is 17.3. The van der Waals surface area contributed by atoms with Gasteiger partial charge in [-0.25, -0.2) is 0 Å². The van der Waals surface area contributed by atoms with Gasteiger partial charge >= 0.3 is 6.18 Å². The molecule has 0 bridgehead atoms. The van der Waals surface area contributed by atoms with Gasteiger partial charge in [0.1, 0.15) is 0 Å². The first-order chi connectivity index (χ1) is 13.5. The Hall–Kier alpha value is -2.57. The second-order valence-electron chi connectivity index (χ2n) is 7.73. The quantitative estimate of drug-likeness (QED) is 0.553. The van der Waals surface area contributed by atoms with Gasteiger partial charge in [0.2, 0.25) is 5.91 Å². The van der Waals surface area contributed by atoms with Crippen LogP contribution in [0.3, 0.4) is 0 Å². The predicted molar refractivity (Wildman–Crippen MR) is 109 cm³/mol. The lowest BCUT2D eigenvalue weighted by Gasteiger charge is -2.27. The summed E-state index contributed by atoms with van der Waals surface area (Å²) < 4.78 is 40.9. The molecule has 1 atom stereocenters. The van der Waals surface area contributed by atoms with E-state index in [1.807, 2.05) is 24.3 Å². The topological polar surface area (TPSA) is 38.1 Å². The van der Waals surface area contributed by atoms with E-state index in [0.717, 1.165) is 16.7 Å². The second-order valence-corrected chi connectivity index (χ2v) is 7.73. The highest BCUT2D eigenvalue weighted by atomic mass is 19.4. The number of halogens is 3. The molecule has 2 aromatic rings. The fourth-order valence-corrected chi connectivity index (χ4v) is 3.61. The molecular weight excluding hydrogens is 379 g/mol.